The standard InChI is InChI=1S/C18H21N5O3S2/c1-4-23-16(12(2)26-14-7-5-13(25-3)6-8-14)21-22-18(23)28-11-15(24)20-17-19-9-10-27-17/h5-10,12H,4,11H2,1-3H3,(H,19,20,24)/t12-/m0/s1. The second-order valence-electron chi connectivity index (χ2n) is 5.69. The topological polar surface area (TPSA) is 91.2 Å². The lowest BCUT2D eigenvalue weighted by atomic mass is 10.3. The zero-order valence-corrected chi connectivity index (χ0v) is 17.4. The van der Waals surface area contributed by atoms with Crippen LogP contribution in [0.15, 0.2) is 41.0 Å². The molecule has 0 saturated carbocycles. The van der Waals surface area contributed by atoms with Crippen LogP contribution in [0.1, 0.15) is 25.8 Å². The highest BCUT2D eigenvalue weighted by molar-refractivity contribution is 7.99. The Bertz CT molecular complexity index is 897. The van der Waals surface area contributed by atoms with Gasteiger partial charge in [0.05, 0.1) is 12.9 Å². The summed E-state index contributed by atoms with van der Waals surface area (Å²) in [5.41, 5.74) is 0. The first-order valence-corrected chi connectivity index (χ1v) is 10.5. The van der Waals surface area contributed by atoms with Crippen LogP contribution in [0.5, 0.6) is 11.5 Å². The van der Waals surface area contributed by atoms with E-state index in [1.54, 1.807) is 13.3 Å². The SMILES string of the molecule is CCn1c(SCC(=O)Nc2nccs2)nnc1[C@H](C)Oc1ccc(OC)cc1. The van der Waals surface area contributed by atoms with Gasteiger partial charge in [-0.05, 0) is 38.1 Å². The Morgan fingerprint density at radius 3 is 2.68 bits per heavy atom. The number of aromatic nitrogens is 4. The molecule has 1 aromatic carbocycles. The number of benzene rings is 1. The summed E-state index contributed by atoms with van der Waals surface area (Å²) in [6.45, 7) is 4.60. The first kappa shape index (κ1) is 20.2. The summed E-state index contributed by atoms with van der Waals surface area (Å²) in [6.07, 6.45) is 1.36. The first-order valence-electron chi connectivity index (χ1n) is 8.66. The van der Waals surface area contributed by atoms with E-state index in [4.69, 9.17) is 9.47 Å². The number of carbonyl (C=O) groups is 1. The molecule has 0 aliphatic heterocycles. The van der Waals surface area contributed by atoms with Crippen LogP contribution in [0, 0.1) is 0 Å². The van der Waals surface area contributed by atoms with E-state index >= 15 is 0 Å². The number of carbonyl (C=O) groups excluding carboxylic acids is 1. The Labute approximate surface area is 171 Å². The van der Waals surface area contributed by atoms with E-state index in [9.17, 15) is 4.79 Å². The number of anilines is 1. The van der Waals surface area contributed by atoms with E-state index < -0.39 is 0 Å². The molecule has 0 aliphatic carbocycles. The average Bonchev–Trinajstić information content (AvgIpc) is 3.36. The first-order chi connectivity index (χ1) is 13.6. The van der Waals surface area contributed by atoms with Crippen molar-refractivity contribution in [3.63, 3.8) is 0 Å². The molecule has 148 valence electrons. The van der Waals surface area contributed by atoms with Gasteiger partial charge in [0, 0.05) is 18.1 Å². The molecule has 0 radical (unpaired) electrons. The molecule has 2 heterocycles. The number of hydrogen-bond acceptors (Lipinski definition) is 8. The van der Waals surface area contributed by atoms with Crippen LogP contribution in [0.25, 0.3) is 0 Å². The van der Waals surface area contributed by atoms with Crippen LogP contribution >= 0.6 is 23.1 Å². The summed E-state index contributed by atoms with van der Waals surface area (Å²) in [7, 11) is 1.62. The van der Waals surface area contributed by atoms with E-state index in [1.165, 1.54) is 23.1 Å². The Balaban J connectivity index is 1.62. The molecule has 3 aromatic rings. The molecule has 0 spiro atoms. The molecule has 1 N–H and O–H groups in total. The van der Waals surface area contributed by atoms with Gasteiger partial charge >= 0.3 is 0 Å². The minimum atomic E-state index is -0.292. The monoisotopic (exact) mass is 419 g/mol. The summed E-state index contributed by atoms with van der Waals surface area (Å²) >= 11 is 2.71. The normalized spacial score (nSPS) is 11.8. The van der Waals surface area contributed by atoms with Gasteiger partial charge in [-0.25, -0.2) is 4.98 Å². The fraction of sp³-hybridized carbons (Fsp3) is 0.333. The molecule has 0 saturated heterocycles. The number of thioether (sulfide) groups is 1. The number of ether oxygens (including phenoxy) is 2. The third kappa shape index (κ3) is 5.02. The van der Waals surface area contributed by atoms with Crippen molar-refractivity contribution in [2.75, 3.05) is 18.2 Å². The number of amides is 1. The van der Waals surface area contributed by atoms with Crippen molar-refractivity contribution in [1.29, 1.82) is 0 Å². The van der Waals surface area contributed by atoms with Crippen molar-refractivity contribution in [3.05, 3.63) is 41.7 Å². The summed E-state index contributed by atoms with van der Waals surface area (Å²) in [6, 6.07) is 7.38. The summed E-state index contributed by atoms with van der Waals surface area (Å²) in [5.74, 6) is 2.30. The van der Waals surface area contributed by atoms with Crippen molar-refractivity contribution in [3.8, 4) is 11.5 Å². The highest BCUT2D eigenvalue weighted by Crippen LogP contribution is 2.26. The molecule has 3 rings (SSSR count). The maximum Gasteiger partial charge on any atom is 0.236 e. The van der Waals surface area contributed by atoms with Crippen LogP contribution in [0.3, 0.4) is 0 Å². The van der Waals surface area contributed by atoms with Gasteiger partial charge in [-0.3, -0.25) is 4.79 Å². The molecule has 1 amide bonds. The largest absolute Gasteiger partial charge is 0.497 e. The lowest BCUT2D eigenvalue weighted by molar-refractivity contribution is -0.113. The second-order valence-corrected chi connectivity index (χ2v) is 7.53. The van der Waals surface area contributed by atoms with Gasteiger partial charge in [-0.2, -0.15) is 0 Å². The third-order valence-electron chi connectivity index (χ3n) is 3.81. The summed E-state index contributed by atoms with van der Waals surface area (Å²) in [4.78, 5) is 16.1. The van der Waals surface area contributed by atoms with E-state index in [2.05, 4.69) is 20.5 Å². The minimum absolute atomic E-state index is 0.130. The van der Waals surface area contributed by atoms with Crippen LogP contribution in [0.2, 0.25) is 0 Å². The Morgan fingerprint density at radius 1 is 1.29 bits per heavy atom. The van der Waals surface area contributed by atoms with Crippen molar-refractivity contribution >= 4 is 34.1 Å². The van der Waals surface area contributed by atoms with Gasteiger partial charge in [0.15, 0.2) is 22.2 Å². The van der Waals surface area contributed by atoms with Gasteiger partial charge in [0.1, 0.15) is 11.5 Å². The van der Waals surface area contributed by atoms with Gasteiger partial charge in [-0.1, -0.05) is 11.8 Å². The molecule has 0 bridgehead atoms. The van der Waals surface area contributed by atoms with Crippen LogP contribution < -0.4 is 14.8 Å². The van der Waals surface area contributed by atoms with Gasteiger partial charge < -0.3 is 19.4 Å². The third-order valence-corrected chi connectivity index (χ3v) is 5.46. The second kappa shape index (κ2) is 9.56. The molecule has 28 heavy (non-hydrogen) atoms. The summed E-state index contributed by atoms with van der Waals surface area (Å²) < 4.78 is 13.1. The fourth-order valence-electron chi connectivity index (χ4n) is 2.49. The molecular formula is C18H21N5O3S2. The number of rotatable bonds is 9. The molecule has 0 fully saturated rings. The Morgan fingerprint density at radius 2 is 2.04 bits per heavy atom. The van der Waals surface area contributed by atoms with E-state index in [1.807, 2.05) is 48.1 Å². The molecule has 1 atom stereocenters. The number of thiazole rings is 1. The van der Waals surface area contributed by atoms with Gasteiger partial charge in [0.25, 0.3) is 0 Å². The summed E-state index contributed by atoms with van der Waals surface area (Å²) in [5, 5.41) is 14.3. The smallest absolute Gasteiger partial charge is 0.236 e. The Hall–Kier alpha value is -2.59. The van der Waals surface area contributed by atoms with Gasteiger partial charge in [-0.15, -0.1) is 21.5 Å². The van der Waals surface area contributed by atoms with Crippen molar-refractivity contribution in [2.45, 2.75) is 31.7 Å². The lowest BCUT2D eigenvalue weighted by Crippen LogP contribution is -2.15. The zero-order valence-electron chi connectivity index (χ0n) is 15.8. The maximum atomic E-state index is 12.1. The molecule has 0 unspecified atom stereocenters. The Kier molecular flexibility index (Phi) is 6.88. The lowest BCUT2D eigenvalue weighted by Gasteiger charge is -2.15. The molecular weight excluding hydrogens is 398 g/mol. The van der Waals surface area contributed by atoms with Crippen LogP contribution in [-0.4, -0.2) is 38.5 Å². The number of methoxy groups -OCH3 is 1. The molecule has 2 aromatic heterocycles. The van der Waals surface area contributed by atoms with E-state index in [-0.39, 0.29) is 17.8 Å². The van der Waals surface area contributed by atoms with Gasteiger partial charge in [0.2, 0.25) is 5.91 Å². The van der Waals surface area contributed by atoms with Crippen LogP contribution in [0.4, 0.5) is 5.13 Å². The van der Waals surface area contributed by atoms with Crippen molar-refractivity contribution in [1.82, 2.24) is 19.7 Å². The van der Waals surface area contributed by atoms with E-state index in [0.717, 1.165) is 11.5 Å². The quantitative estimate of drug-likeness (QED) is 0.530. The maximum absolute atomic E-state index is 12.1. The van der Waals surface area contributed by atoms with Crippen molar-refractivity contribution in [2.24, 2.45) is 0 Å². The predicted octanol–water partition coefficient (Wildman–Crippen LogP) is 3.63. The number of nitrogens with zero attached hydrogens (tertiary/aromatic N) is 4. The molecule has 8 nitrogen and oxygen atoms in total. The predicted molar refractivity (Wildman–Crippen MR) is 109 cm³/mol. The van der Waals surface area contributed by atoms with E-state index in [0.29, 0.717) is 22.7 Å². The average molecular weight is 420 g/mol. The fourth-order valence-corrected chi connectivity index (χ4v) is 3.84. The van der Waals surface area contributed by atoms with Crippen molar-refractivity contribution < 1.29 is 14.3 Å². The minimum Gasteiger partial charge on any atom is -0.497 e. The molecule has 0 aliphatic rings. The highest BCUT2D eigenvalue weighted by Gasteiger charge is 2.19. The highest BCUT2D eigenvalue weighted by atomic mass is 32.2. The number of hydrogen-bond donors (Lipinski definition) is 1. The number of nitrogens with one attached hydrogen (secondary N) is 1. The zero-order chi connectivity index (χ0) is 19.9. The molecule has 10 heteroatoms. The van der Waals surface area contributed by atoms with Crippen LogP contribution in [-0.2, 0) is 11.3 Å².